The van der Waals surface area contributed by atoms with Crippen LogP contribution in [0.25, 0.3) is 11.3 Å². The average Bonchev–Trinajstić information content (AvgIpc) is 3.43. The topological polar surface area (TPSA) is 47.0 Å². The first-order chi connectivity index (χ1) is 13.9. The van der Waals surface area contributed by atoms with E-state index in [1.807, 2.05) is 24.4 Å². The fraction of sp³-hybridized carbons (Fsp3) is 0.429. The number of hydrazone groups is 1. The Bertz CT molecular complexity index is 896. The third kappa shape index (κ3) is 4.13. The lowest BCUT2D eigenvalue weighted by Crippen LogP contribution is -2.33. The Morgan fingerprint density at radius 1 is 1.24 bits per heavy atom. The van der Waals surface area contributed by atoms with Crippen molar-refractivity contribution in [1.82, 2.24) is 20.2 Å². The Balaban J connectivity index is 1.41. The lowest BCUT2D eigenvalue weighted by atomic mass is 10.0. The van der Waals surface area contributed by atoms with Gasteiger partial charge in [-0.15, -0.1) is 11.3 Å². The quantitative estimate of drug-likeness (QED) is 0.462. The summed E-state index contributed by atoms with van der Waals surface area (Å²) in [6.45, 7) is 10.6. The van der Waals surface area contributed by atoms with E-state index in [-0.39, 0.29) is 5.82 Å². The molecule has 2 fully saturated rings. The number of aromatic nitrogens is 1. The second-order valence-corrected chi connectivity index (χ2v) is 8.59. The highest BCUT2D eigenvalue weighted by Gasteiger charge is 2.36. The molecule has 2 aliphatic rings. The number of halogens is 1. The third-order valence-corrected chi connectivity index (χ3v) is 6.74. The molecule has 1 aromatic carbocycles. The van der Waals surface area contributed by atoms with Crippen LogP contribution in [0.4, 0.5) is 9.52 Å². The number of hydrogen-bond acceptors (Lipinski definition) is 6. The Labute approximate surface area is 175 Å². The van der Waals surface area contributed by atoms with Crippen LogP contribution in [0.1, 0.15) is 6.92 Å². The Hall–Kier alpha value is -2.45. The van der Waals surface area contributed by atoms with Crippen molar-refractivity contribution in [1.29, 1.82) is 0 Å². The Morgan fingerprint density at radius 3 is 2.55 bits per heavy atom. The van der Waals surface area contributed by atoms with E-state index in [2.05, 4.69) is 28.7 Å². The standard InChI is InChI=1S/C21H27FN6S/c1-14(28-11-17-9-23-10-18(17)12-28)25-27(4)15(2)26(3)21-24-20(13-29-21)16-5-7-19(22)8-6-16/h5-8,13,17-18,23H,2,9-12H2,1,3-4H3. The zero-order valence-corrected chi connectivity index (χ0v) is 17.9. The average molecular weight is 415 g/mol. The summed E-state index contributed by atoms with van der Waals surface area (Å²) in [5.41, 5.74) is 1.72. The fourth-order valence-corrected chi connectivity index (χ4v) is 4.78. The van der Waals surface area contributed by atoms with E-state index in [4.69, 9.17) is 5.10 Å². The molecule has 0 saturated carbocycles. The van der Waals surface area contributed by atoms with Gasteiger partial charge in [-0.2, -0.15) is 5.10 Å². The van der Waals surface area contributed by atoms with Crippen molar-refractivity contribution in [2.45, 2.75) is 6.92 Å². The highest BCUT2D eigenvalue weighted by Crippen LogP contribution is 2.29. The number of anilines is 1. The zero-order valence-electron chi connectivity index (χ0n) is 17.1. The van der Waals surface area contributed by atoms with Crippen LogP contribution < -0.4 is 10.2 Å². The summed E-state index contributed by atoms with van der Waals surface area (Å²) in [5, 5.41) is 12.8. The number of likely N-dealkylation sites (tertiary alicyclic amines) is 1. The minimum absolute atomic E-state index is 0.248. The van der Waals surface area contributed by atoms with Crippen molar-refractivity contribution < 1.29 is 4.39 Å². The smallest absolute Gasteiger partial charge is 0.191 e. The molecule has 29 heavy (non-hydrogen) atoms. The summed E-state index contributed by atoms with van der Waals surface area (Å²) in [7, 11) is 3.85. The van der Waals surface area contributed by atoms with Crippen molar-refractivity contribution in [2.75, 3.05) is 45.2 Å². The SMILES string of the molecule is C=C(N(C)N=C(C)N1CC2CNCC2C1)N(C)c1nc(-c2ccc(F)cc2)cs1. The Morgan fingerprint density at radius 2 is 1.90 bits per heavy atom. The van der Waals surface area contributed by atoms with Crippen LogP contribution in [-0.4, -0.2) is 61.0 Å². The maximum atomic E-state index is 13.2. The second kappa shape index (κ2) is 8.12. The first-order valence-corrected chi connectivity index (χ1v) is 10.7. The predicted molar refractivity (Wildman–Crippen MR) is 117 cm³/mol. The molecular formula is C21H27FN6S. The van der Waals surface area contributed by atoms with Crippen LogP contribution in [0.2, 0.25) is 0 Å². The molecule has 3 heterocycles. The molecule has 2 aliphatic heterocycles. The van der Waals surface area contributed by atoms with Gasteiger partial charge in [0.15, 0.2) is 5.13 Å². The van der Waals surface area contributed by atoms with E-state index >= 15 is 0 Å². The molecule has 154 valence electrons. The van der Waals surface area contributed by atoms with E-state index in [9.17, 15) is 4.39 Å². The molecule has 2 aromatic rings. The molecule has 1 aromatic heterocycles. The molecule has 6 nitrogen and oxygen atoms in total. The van der Waals surface area contributed by atoms with Crippen LogP contribution in [0.15, 0.2) is 47.1 Å². The molecule has 2 atom stereocenters. The van der Waals surface area contributed by atoms with Crippen LogP contribution in [0.3, 0.4) is 0 Å². The number of hydrogen-bond donors (Lipinski definition) is 1. The molecule has 4 rings (SSSR count). The monoisotopic (exact) mass is 414 g/mol. The van der Waals surface area contributed by atoms with Crippen molar-refractivity contribution in [3.05, 3.63) is 47.9 Å². The number of nitrogens with zero attached hydrogens (tertiary/aromatic N) is 5. The molecule has 0 amide bonds. The lowest BCUT2D eigenvalue weighted by molar-refractivity contribution is 0.402. The van der Waals surface area contributed by atoms with Crippen LogP contribution in [0.5, 0.6) is 0 Å². The van der Waals surface area contributed by atoms with Crippen LogP contribution in [-0.2, 0) is 0 Å². The van der Waals surface area contributed by atoms with E-state index < -0.39 is 0 Å². The number of benzene rings is 1. The minimum Gasteiger partial charge on any atom is -0.358 e. The first-order valence-electron chi connectivity index (χ1n) is 9.81. The van der Waals surface area contributed by atoms with Crippen molar-refractivity contribution in [3.8, 4) is 11.3 Å². The summed E-state index contributed by atoms with van der Waals surface area (Å²) in [5.74, 6) is 2.98. The lowest BCUT2D eigenvalue weighted by Gasteiger charge is -2.27. The van der Waals surface area contributed by atoms with E-state index in [0.29, 0.717) is 0 Å². The zero-order chi connectivity index (χ0) is 20.5. The van der Waals surface area contributed by atoms with Gasteiger partial charge in [0.05, 0.1) is 5.69 Å². The second-order valence-electron chi connectivity index (χ2n) is 7.75. The van der Waals surface area contributed by atoms with Gasteiger partial charge in [-0.1, -0.05) is 6.58 Å². The number of amidine groups is 1. The minimum atomic E-state index is -0.248. The highest BCUT2D eigenvalue weighted by molar-refractivity contribution is 7.14. The number of fused-ring (bicyclic) bond motifs is 1. The molecule has 0 aliphatic carbocycles. The molecule has 1 N–H and O–H groups in total. The van der Waals surface area contributed by atoms with Gasteiger partial charge in [-0.3, -0.25) is 5.01 Å². The predicted octanol–water partition coefficient (Wildman–Crippen LogP) is 3.27. The molecular weight excluding hydrogens is 387 g/mol. The fourth-order valence-electron chi connectivity index (χ4n) is 3.96. The summed E-state index contributed by atoms with van der Waals surface area (Å²) < 4.78 is 13.2. The molecule has 0 bridgehead atoms. The third-order valence-electron chi connectivity index (χ3n) is 5.82. The molecule has 8 heteroatoms. The summed E-state index contributed by atoms with van der Waals surface area (Å²) in [6.07, 6.45) is 0. The van der Waals surface area contributed by atoms with Gasteiger partial charge in [0, 0.05) is 51.2 Å². The normalized spacial score (nSPS) is 21.4. The van der Waals surface area contributed by atoms with Gasteiger partial charge in [0.2, 0.25) is 0 Å². The summed E-state index contributed by atoms with van der Waals surface area (Å²) in [4.78, 5) is 8.98. The number of thiazole rings is 1. The number of rotatable bonds is 5. The van der Waals surface area contributed by atoms with Crippen molar-refractivity contribution in [2.24, 2.45) is 16.9 Å². The molecule has 0 radical (unpaired) electrons. The molecule has 2 unspecified atom stereocenters. The number of nitrogens with one attached hydrogen (secondary N) is 1. The van der Waals surface area contributed by atoms with Gasteiger partial charge >= 0.3 is 0 Å². The van der Waals surface area contributed by atoms with Crippen molar-refractivity contribution in [3.63, 3.8) is 0 Å². The maximum Gasteiger partial charge on any atom is 0.191 e. The van der Waals surface area contributed by atoms with Gasteiger partial charge in [0.25, 0.3) is 0 Å². The maximum absolute atomic E-state index is 13.2. The van der Waals surface area contributed by atoms with E-state index in [1.54, 1.807) is 17.1 Å². The van der Waals surface area contributed by atoms with Crippen LogP contribution >= 0.6 is 11.3 Å². The van der Waals surface area contributed by atoms with E-state index in [1.165, 1.54) is 23.5 Å². The highest BCUT2D eigenvalue weighted by atomic mass is 32.1. The van der Waals surface area contributed by atoms with Gasteiger partial charge in [-0.05, 0) is 43.0 Å². The van der Waals surface area contributed by atoms with E-state index in [0.717, 1.165) is 66.1 Å². The first kappa shape index (κ1) is 19.8. The molecule has 2 saturated heterocycles. The van der Waals surface area contributed by atoms with Crippen LogP contribution in [0, 0.1) is 17.7 Å². The largest absolute Gasteiger partial charge is 0.358 e. The summed E-state index contributed by atoms with van der Waals surface area (Å²) >= 11 is 1.53. The van der Waals surface area contributed by atoms with Crippen molar-refractivity contribution >= 4 is 22.3 Å². The van der Waals surface area contributed by atoms with Gasteiger partial charge in [0.1, 0.15) is 17.5 Å². The van der Waals surface area contributed by atoms with Gasteiger partial charge < -0.3 is 15.1 Å². The van der Waals surface area contributed by atoms with Gasteiger partial charge in [-0.25, -0.2) is 9.37 Å². The Kier molecular flexibility index (Phi) is 5.56. The molecule has 0 spiro atoms. The summed E-state index contributed by atoms with van der Waals surface area (Å²) in [6, 6.07) is 6.38.